The van der Waals surface area contributed by atoms with Crippen LogP contribution in [-0.4, -0.2) is 22.4 Å². The normalized spacial score (nSPS) is 11.7. The standard InChI is InChI=1S/C17H15ClN4O/c1-11(14-9-12(18)7-8-15(14)19-2)21-22-10-20-16-6-4-3-5-13(16)17(22)23/h3-10,19H,1-2H3/b21-11-. The zero-order chi connectivity index (χ0) is 16.4. The zero-order valence-corrected chi connectivity index (χ0v) is 13.5. The van der Waals surface area contributed by atoms with E-state index in [4.69, 9.17) is 11.6 Å². The first-order valence-electron chi connectivity index (χ1n) is 7.10. The first kappa shape index (κ1) is 15.2. The van der Waals surface area contributed by atoms with Gasteiger partial charge in [0.1, 0.15) is 6.33 Å². The van der Waals surface area contributed by atoms with Crippen LogP contribution in [0.4, 0.5) is 5.69 Å². The minimum atomic E-state index is -0.206. The minimum absolute atomic E-state index is 0.206. The van der Waals surface area contributed by atoms with Gasteiger partial charge in [0.15, 0.2) is 0 Å². The largest absolute Gasteiger partial charge is 0.388 e. The van der Waals surface area contributed by atoms with E-state index < -0.39 is 0 Å². The second-order valence-corrected chi connectivity index (χ2v) is 5.47. The lowest BCUT2D eigenvalue weighted by Gasteiger charge is -2.10. The van der Waals surface area contributed by atoms with Gasteiger partial charge >= 0.3 is 0 Å². The van der Waals surface area contributed by atoms with Crippen molar-refractivity contribution in [1.29, 1.82) is 0 Å². The van der Waals surface area contributed by atoms with Gasteiger partial charge in [0.05, 0.1) is 16.6 Å². The molecule has 116 valence electrons. The lowest BCUT2D eigenvalue weighted by molar-refractivity contribution is 0.811. The van der Waals surface area contributed by atoms with E-state index in [2.05, 4.69) is 15.4 Å². The van der Waals surface area contributed by atoms with Gasteiger partial charge in [0, 0.05) is 23.3 Å². The summed E-state index contributed by atoms with van der Waals surface area (Å²) in [5.41, 5.74) is 2.83. The van der Waals surface area contributed by atoms with Crippen LogP contribution in [0.25, 0.3) is 10.9 Å². The summed E-state index contributed by atoms with van der Waals surface area (Å²) < 4.78 is 1.25. The van der Waals surface area contributed by atoms with Gasteiger partial charge in [0.25, 0.3) is 5.56 Å². The molecule has 0 saturated heterocycles. The molecule has 2 aromatic carbocycles. The second-order valence-electron chi connectivity index (χ2n) is 5.04. The quantitative estimate of drug-likeness (QED) is 0.751. The monoisotopic (exact) mass is 326 g/mol. The number of benzene rings is 2. The van der Waals surface area contributed by atoms with Gasteiger partial charge in [-0.15, -0.1) is 0 Å². The maximum absolute atomic E-state index is 12.5. The number of anilines is 1. The summed E-state index contributed by atoms with van der Waals surface area (Å²) >= 11 is 6.07. The van der Waals surface area contributed by atoms with E-state index in [1.807, 2.05) is 38.2 Å². The Bertz CT molecular complexity index is 962. The van der Waals surface area contributed by atoms with Gasteiger partial charge in [-0.3, -0.25) is 4.79 Å². The van der Waals surface area contributed by atoms with Gasteiger partial charge in [0.2, 0.25) is 0 Å². The van der Waals surface area contributed by atoms with Crippen molar-refractivity contribution in [3.05, 3.63) is 69.7 Å². The molecule has 0 saturated carbocycles. The molecule has 1 heterocycles. The molecule has 0 aliphatic heterocycles. The Morgan fingerprint density at radius 3 is 2.83 bits per heavy atom. The molecule has 0 spiro atoms. The molecule has 1 aromatic heterocycles. The minimum Gasteiger partial charge on any atom is -0.388 e. The fraction of sp³-hybridized carbons (Fsp3) is 0.118. The number of hydrogen-bond donors (Lipinski definition) is 1. The van der Waals surface area contributed by atoms with Crippen LogP contribution in [0.5, 0.6) is 0 Å². The van der Waals surface area contributed by atoms with Crippen LogP contribution >= 0.6 is 11.6 Å². The number of hydrogen-bond acceptors (Lipinski definition) is 4. The summed E-state index contributed by atoms with van der Waals surface area (Å²) in [7, 11) is 1.82. The Balaban J connectivity index is 2.13. The summed E-state index contributed by atoms with van der Waals surface area (Å²) in [6.45, 7) is 1.83. The molecule has 3 rings (SSSR count). The van der Waals surface area contributed by atoms with Crippen molar-refractivity contribution in [1.82, 2.24) is 9.66 Å². The van der Waals surface area contributed by atoms with E-state index in [0.717, 1.165) is 11.3 Å². The number of para-hydroxylation sites is 1. The highest BCUT2D eigenvalue weighted by atomic mass is 35.5. The molecule has 5 nitrogen and oxygen atoms in total. The van der Waals surface area contributed by atoms with Crippen LogP contribution < -0.4 is 10.9 Å². The predicted molar refractivity (Wildman–Crippen MR) is 94.6 cm³/mol. The number of nitrogens with one attached hydrogen (secondary N) is 1. The van der Waals surface area contributed by atoms with Gasteiger partial charge in [-0.25, -0.2) is 4.98 Å². The molecule has 6 heteroatoms. The van der Waals surface area contributed by atoms with Crippen molar-refractivity contribution in [2.45, 2.75) is 6.92 Å². The maximum Gasteiger partial charge on any atom is 0.281 e. The van der Waals surface area contributed by atoms with E-state index in [1.165, 1.54) is 11.0 Å². The van der Waals surface area contributed by atoms with Crippen molar-refractivity contribution in [2.75, 3.05) is 12.4 Å². The first-order valence-corrected chi connectivity index (χ1v) is 7.47. The van der Waals surface area contributed by atoms with E-state index >= 15 is 0 Å². The van der Waals surface area contributed by atoms with Crippen molar-refractivity contribution in [3.8, 4) is 0 Å². The summed E-state index contributed by atoms with van der Waals surface area (Å²) in [6, 6.07) is 12.7. The van der Waals surface area contributed by atoms with E-state index in [-0.39, 0.29) is 5.56 Å². The molecule has 0 unspecified atom stereocenters. The third kappa shape index (κ3) is 2.96. The van der Waals surface area contributed by atoms with Crippen LogP contribution in [0.1, 0.15) is 12.5 Å². The van der Waals surface area contributed by atoms with Crippen LogP contribution in [0, 0.1) is 0 Å². The summed E-state index contributed by atoms with van der Waals surface area (Å²) in [5, 5.41) is 8.62. The summed E-state index contributed by atoms with van der Waals surface area (Å²) in [6.07, 6.45) is 1.43. The predicted octanol–water partition coefficient (Wildman–Crippen LogP) is 3.36. The van der Waals surface area contributed by atoms with Gasteiger partial charge in [-0.05, 0) is 37.3 Å². The smallest absolute Gasteiger partial charge is 0.281 e. The summed E-state index contributed by atoms with van der Waals surface area (Å²) in [5.74, 6) is 0. The number of nitrogens with zero attached hydrogens (tertiary/aromatic N) is 3. The van der Waals surface area contributed by atoms with Gasteiger partial charge in [-0.2, -0.15) is 9.78 Å². The van der Waals surface area contributed by atoms with E-state index in [0.29, 0.717) is 21.6 Å². The molecule has 0 bridgehead atoms. The Morgan fingerprint density at radius 1 is 1.26 bits per heavy atom. The zero-order valence-electron chi connectivity index (χ0n) is 12.7. The Kier molecular flexibility index (Phi) is 4.12. The first-order chi connectivity index (χ1) is 11.1. The molecule has 0 fully saturated rings. The van der Waals surface area contributed by atoms with Crippen molar-refractivity contribution >= 4 is 33.9 Å². The van der Waals surface area contributed by atoms with Gasteiger partial charge in [-0.1, -0.05) is 23.7 Å². The Labute approximate surface area is 138 Å². The fourth-order valence-electron chi connectivity index (χ4n) is 2.38. The third-order valence-corrected chi connectivity index (χ3v) is 3.78. The number of halogens is 1. The van der Waals surface area contributed by atoms with Crippen LogP contribution in [0.15, 0.2) is 58.7 Å². The molecule has 3 aromatic rings. The molecular weight excluding hydrogens is 312 g/mol. The average molecular weight is 327 g/mol. The maximum atomic E-state index is 12.5. The lowest BCUT2D eigenvalue weighted by atomic mass is 10.1. The topological polar surface area (TPSA) is 59.3 Å². The van der Waals surface area contributed by atoms with Crippen molar-refractivity contribution in [2.24, 2.45) is 5.10 Å². The fourth-order valence-corrected chi connectivity index (χ4v) is 2.55. The molecule has 0 aliphatic rings. The molecule has 0 amide bonds. The SMILES string of the molecule is CNc1ccc(Cl)cc1/C(C)=N\n1cnc2ccccc2c1=O. The van der Waals surface area contributed by atoms with Crippen LogP contribution in [0.2, 0.25) is 5.02 Å². The Morgan fingerprint density at radius 2 is 2.04 bits per heavy atom. The van der Waals surface area contributed by atoms with E-state index in [1.54, 1.807) is 18.2 Å². The molecule has 1 N–H and O–H groups in total. The number of fused-ring (bicyclic) bond motifs is 1. The molecule has 0 aliphatic carbocycles. The average Bonchev–Trinajstić information content (AvgIpc) is 2.57. The second kappa shape index (κ2) is 6.22. The molecular formula is C17H15ClN4O. The highest BCUT2D eigenvalue weighted by Gasteiger charge is 2.08. The highest BCUT2D eigenvalue weighted by molar-refractivity contribution is 6.31. The molecule has 0 radical (unpaired) electrons. The van der Waals surface area contributed by atoms with Crippen LogP contribution in [0.3, 0.4) is 0 Å². The summed E-state index contributed by atoms with van der Waals surface area (Å²) in [4.78, 5) is 16.8. The molecule has 0 atom stereocenters. The van der Waals surface area contributed by atoms with Crippen molar-refractivity contribution in [3.63, 3.8) is 0 Å². The van der Waals surface area contributed by atoms with E-state index in [9.17, 15) is 4.79 Å². The molecule has 23 heavy (non-hydrogen) atoms. The van der Waals surface area contributed by atoms with Crippen LogP contribution in [-0.2, 0) is 0 Å². The van der Waals surface area contributed by atoms with Gasteiger partial charge < -0.3 is 5.32 Å². The number of aromatic nitrogens is 2. The number of rotatable bonds is 3. The van der Waals surface area contributed by atoms with Crippen molar-refractivity contribution < 1.29 is 0 Å². The lowest BCUT2D eigenvalue weighted by Crippen LogP contribution is -2.18. The third-order valence-electron chi connectivity index (χ3n) is 3.55. The Hall–Kier alpha value is -2.66. The highest BCUT2D eigenvalue weighted by Crippen LogP contribution is 2.21.